The van der Waals surface area contributed by atoms with Gasteiger partial charge in [0.05, 0.1) is 6.20 Å². The lowest BCUT2D eigenvalue weighted by Crippen LogP contribution is -2.35. The van der Waals surface area contributed by atoms with Gasteiger partial charge in [-0.3, -0.25) is 14.9 Å². The molecule has 0 aliphatic carbocycles. The minimum Gasteiger partial charge on any atom is -0.340 e. The van der Waals surface area contributed by atoms with E-state index in [0.717, 1.165) is 13.1 Å². The van der Waals surface area contributed by atoms with Crippen molar-refractivity contribution in [2.45, 2.75) is 18.9 Å². The first-order valence-corrected chi connectivity index (χ1v) is 8.44. The van der Waals surface area contributed by atoms with Gasteiger partial charge in [-0.25, -0.2) is 0 Å². The number of aryl methyl sites for hydroxylation is 1. The predicted octanol–water partition coefficient (Wildman–Crippen LogP) is 1.49. The smallest absolute Gasteiger partial charge is 0.263 e. The highest BCUT2D eigenvalue weighted by molar-refractivity contribution is 5.73. The van der Waals surface area contributed by atoms with Crippen LogP contribution in [-0.4, -0.2) is 58.3 Å². The molecule has 25 heavy (non-hydrogen) atoms. The second kappa shape index (κ2) is 6.00. The predicted molar refractivity (Wildman–Crippen MR) is 98.1 cm³/mol. The van der Waals surface area contributed by atoms with Gasteiger partial charge in [0.2, 0.25) is 5.95 Å². The van der Waals surface area contributed by atoms with Crippen LogP contribution in [0.2, 0.25) is 0 Å². The Morgan fingerprint density at radius 3 is 2.68 bits per heavy atom. The summed E-state index contributed by atoms with van der Waals surface area (Å²) in [5.74, 6) is 0.960. The van der Waals surface area contributed by atoms with Gasteiger partial charge < -0.3 is 9.80 Å². The zero-order valence-corrected chi connectivity index (χ0v) is 14.7. The lowest BCUT2D eigenvalue weighted by Gasteiger charge is -2.25. The maximum Gasteiger partial charge on any atom is 0.263 e. The number of anilines is 1. The number of aromatic nitrogens is 4. The topological polar surface area (TPSA) is 80.9 Å². The van der Waals surface area contributed by atoms with E-state index in [9.17, 15) is 4.79 Å². The van der Waals surface area contributed by atoms with E-state index in [-0.39, 0.29) is 5.56 Å². The Balaban J connectivity index is 1.69. The van der Waals surface area contributed by atoms with Crippen molar-refractivity contribution in [2.24, 2.45) is 0 Å². The Morgan fingerprint density at radius 1 is 1.20 bits per heavy atom. The molecule has 130 valence electrons. The molecular formula is C18H22N6O. The summed E-state index contributed by atoms with van der Waals surface area (Å²) < 4.78 is 0. The fraction of sp³-hybridized carbons (Fsp3) is 0.389. The number of hydrogen-bond donors (Lipinski definition) is 2. The minimum atomic E-state index is -0.158. The molecule has 0 amide bonds. The number of nitrogens with zero attached hydrogens (tertiary/aromatic N) is 4. The molecule has 1 aromatic carbocycles. The van der Waals surface area contributed by atoms with Gasteiger partial charge in [0.25, 0.3) is 5.56 Å². The normalized spacial score (nSPS) is 20.7. The van der Waals surface area contributed by atoms with Crippen molar-refractivity contribution in [3.05, 3.63) is 51.9 Å². The first kappa shape index (κ1) is 15.8. The van der Waals surface area contributed by atoms with E-state index in [2.05, 4.69) is 75.2 Å². The van der Waals surface area contributed by atoms with Crippen LogP contribution in [0.4, 0.5) is 5.95 Å². The van der Waals surface area contributed by atoms with Crippen LogP contribution < -0.4 is 10.5 Å². The molecule has 2 atom stereocenters. The van der Waals surface area contributed by atoms with Gasteiger partial charge >= 0.3 is 0 Å². The van der Waals surface area contributed by atoms with E-state index in [4.69, 9.17) is 0 Å². The highest BCUT2D eigenvalue weighted by Gasteiger charge is 2.36. The third-order valence-corrected chi connectivity index (χ3v) is 5.06. The zero-order valence-electron chi connectivity index (χ0n) is 14.7. The van der Waals surface area contributed by atoms with Crippen molar-refractivity contribution in [3.63, 3.8) is 0 Å². The van der Waals surface area contributed by atoms with Crippen LogP contribution in [0, 0.1) is 6.92 Å². The Kier molecular flexibility index (Phi) is 3.80. The van der Waals surface area contributed by atoms with Crippen LogP contribution in [0.5, 0.6) is 0 Å². The third-order valence-electron chi connectivity index (χ3n) is 5.06. The summed E-state index contributed by atoms with van der Waals surface area (Å²) in [4.78, 5) is 24.1. The summed E-state index contributed by atoms with van der Waals surface area (Å²) in [5, 5.41) is 7.19. The zero-order chi connectivity index (χ0) is 17.6. The summed E-state index contributed by atoms with van der Waals surface area (Å²) in [6.07, 6.45) is 1.51. The van der Waals surface area contributed by atoms with Gasteiger partial charge in [0, 0.05) is 25.0 Å². The van der Waals surface area contributed by atoms with E-state index in [1.54, 1.807) is 0 Å². The van der Waals surface area contributed by atoms with Crippen molar-refractivity contribution < 1.29 is 0 Å². The molecule has 1 aliphatic rings. The molecule has 2 aromatic heterocycles. The lowest BCUT2D eigenvalue weighted by atomic mass is 9.93. The Labute approximate surface area is 145 Å². The summed E-state index contributed by atoms with van der Waals surface area (Å²) in [6.45, 7) is 3.73. The van der Waals surface area contributed by atoms with E-state index in [1.165, 1.54) is 17.3 Å². The Hall–Kier alpha value is -2.67. The average molecular weight is 338 g/mol. The van der Waals surface area contributed by atoms with Crippen molar-refractivity contribution >= 4 is 17.0 Å². The Morgan fingerprint density at radius 2 is 1.96 bits per heavy atom. The summed E-state index contributed by atoms with van der Waals surface area (Å²) >= 11 is 0. The van der Waals surface area contributed by atoms with Gasteiger partial charge in [0.15, 0.2) is 5.65 Å². The molecule has 2 N–H and O–H groups in total. The fourth-order valence-corrected chi connectivity index (χ4v) is 3.61. The molecule has 4 rings (SSSR count). The molecule has 7 nitrogen and oxygen atoms in total. The molecule has 0 unspecified atom stereocenters. The number of likely N-dealkylation sites (N-methyl/N-ethyl adjacent to an activating group) is 1. The van der Waals surface area contributed by atoms with Crippen molar-refractivity contribution in [3.8, 4) is 0 Å². The van der Waals surface area contributed by atoms with Crippen LogP contribution >= 0.6 is 0 Å². The molecule has 3 aromatic rings. The number of benzene rings is 1. The molecule has 1 fully saturated rings. The summed E-state index contributed by atoms with van der Waals surface area (Å²) in [5.41, 5.74) is 2.94. The first-order valence-electron chi connectivity index (χ1n) is 8.44. The van der Waals surface area contributed by atoms with Gasteiger partial charge in [-0.1, -0.05) is 29.8 Å². The minimum absolute atomic E-state index is 0.158. The molecule has 0 radical (unpaired) electrons. The van der Waals surface area contributed by atoms with Crippen molar-refractivity contribution in [1.82, 2.24) is 25.1 Å². The van der Waals surface area contributed by atoms with Crippen LogP contribution in [0.3, 0.4) is 0 Å². The van der Waals surface area contributed by atoms with Crippen LogP contribution in [-0.2, 0) is 0 Å². The van der Waals surface area contributed by atoms with E-state index < -0.39 is 0 Å². The number of nitrogens with one attached hydrogen (secondary N) is 2. The van der Waals surface area contributed by atoms with E-state index in [1.807, 2.05) is 0 Å². The monoisotopic (exact) mass is 338 g/mol. The van der Waals surface area contributed by atoms with Crippen LogP contribution in [0.15, 0.2) is 35.3 Å². The van der Waals surface area contributed by atoms with Crippen molar-refractivity contribution in [1.29, 1.82) is 0 Å². The SMILES string of the molecule is Cc1ccc([C@@H]2CN(c3nc4[nH]ncc4c(=O)[nH]3)C[C@H]2N(C)C)cc1. The maximum absolute atomic E-state index is 12.2. The van der Waals surface area contributed by atoms with Gasteiger partial charge in [0.1, 0.15) is 5.39 Å². The van der Waals surface area contributed by atoms with Crippen LogP contribution in [0.1, 0.15) is 17.0 Å². The number of fused-ring (bicyclic) bond motifs is 1. The second-order valence-electron chi connectivity index (χ2n) is 6.97. The first-order chi connectivity index (χ1) is 12.0. The third kappa shape index (κ3) is 2.80. The summed E-state index contributed by atoms with van der Waals surface area (Å²) in [7, 11) is 4.20. The van der Waals surface area contributed by atoms with E-state index in [0.29, 0.717) is 28.9 Å². The standard InChI is InChI=1S/C18H22N6O/c1-11-4-6-12(7-5-11)14-9-24(10-15(14)23(2)3)18-20-16-13(8-19-22-16)17(25)21-18/h4-8,14-15H,9-10H2,1-3H3,(H2,19,20,21,22,25)/t14-,15+/m0/s1. The number of H-pyrrole nitrogens is 2. The number of aromatic amines is 2. The second-order valence-corrected chi connectivity index (χ2v) is 6.97. The molecule has 3 heterocycles. The Bertz CT molecular complexity index is 942. The van der Waals surface area contributed by atoms with Crippen LogP contribution in [0.25, 0.3) is 11.0 Å². The molecule has 0 spiro atoms. The molecular weight excluding hydrogens is 316 g/mol. The fourth-order valence-electron chi connectivity index (χ4n) is 3.61. The van der Waals surface area contributed by atoms with Gasteiger partial charge in [-0.15, -0.1) is 0 Å². The largest absolute Gasteiger partial charge is 0.340 e. The van der Waals surface area contributed by atoms with Gasteiger partial charge in [-0.05, 0) is 26.6 Å². The molecule has 1 aliphatic heterocycles. The summed E-state index contributed by atoms with van der Waals surface area (Å²) in [6, 6.07) is 9.07. The molecule has 0 saturated carbocycles. The van der Waals surface area contributed by atoms with Crippen molar-refractivity contribution in [2.75, 3.05) is 32.1 Å². The highest BCUT2D eigenvalue weighted by atomic mass is 16.1. The number of hydrogen-bond acceptors (Lipinski definition) is 5. The van der Waals surface area contributed by atoms with E-state index >= 15 is 0 Å². The highest BCUT2D eigenvalue weighted by Crippen LogP contribution is 2.32. The average Bonchev–Trinajstić information content (AvgIpc) is 3.22. The maximum atomic E-state index is 12.2. The quantitative estimate of drug-likeness (QED) is 0.756. The molecule has 7 heteroatoms. The number of rotatable bonds is 3. The lowest BCUT2D eigenvalue weighted by molar-refractivity contribution is 0.292. The molecule has 0 bridgehead atoms. The van der Waals surface area contributed by atoms with Gasteiger partial charge in [-0.2, -0.15) is 10.1 Å². The molecule has 1 saturated heterocycles.